The SMILES string of the molecule is Cl.Cn1cncc1-c1ccc(NC[C@H]2CC[C@]3(CC2)CN(c2ccccn2)C(=O)O3)nc1. The molecule has 1 saturated carbocycles. The van der Waals surface area contributed by atoms with Crippen molar-refractivity contribution in [3.8, 4) is 11.3 Å². The summed E-state index contributed by atoms with van der Waals surface area (Å²) >= 11 is 0. The number of halogens is 1. The normalized spacial score (nSPS) is 22.5. The molecule has 0 radical (unpaired) electrons. The van der Waals surface area contributed by atoms with Gasteiger partial charge in [0, 0.05) is 31.5 Å². The maximum Gasteiger partial charge on any atom is 0.416 e. The molecule has 1 N–H and O–H groups in total. The summed E-state index contributed by atoms with van der Waals surface area (Å²) in [5, 5.41) is 3.46. The van der Waals surface area contributed by atoms with Crippen LogP contribution < -0.4 is 10.2 Å². The minimum atomic E-state index is -0.381. The Bertz CT molecular complexity index is 1050. The summed E-state index contributed by atoms with van der Waals surface area (Å²) in [5.74, 6) is 2.07. The van der Waals surface area contributed by atoms with Crippen LogP contribution in [0.4, 0.5) is 16.4 Å². The molecule has 0 atom stereocenters. The van der Waals surface area contributed by atoms with Crippen LogP contribution in [-0.4, -0.2) is 44.3 Å². The lowest BCUT2D eigenvalue weighted by Gasteiger charge is -2.35. The Hall–Kier alpha value is -3.13. The van der Waals surface area contributed by atoms with Crippen LogP contribution >= 0.6 is 12.4 Å². The average Bonchev–Trinajstić information content (AvgIpc) is 3.37. The number of ether oxygens (including phenoxy) is 1. The Morgan fingerprint density at radius 2 is 2.00 bits per heavy atom. The molecule has 1 aliphatic carbocycles. The van der Waals surface area contributed by atoms with E-state index in [2.05, 4.69) is 26.3 Å². The number of hydrogen-bond acceptors (Lipinski definition) is 6. The number of aromatic nitrogens is 4. The van der Waals surface area contributed by atoms with Gasteiger partial charge in [-0.25, -0.2) is 19.7 Å². The lowest BCUT2D eigenvalue weighted by molar-refractivity contribution is 0.0148. The summed E-state index contributed by atoms with van der Waals surface area (Å²) in [6, 6.07) is 9.66. The van der Waals surface area contributed by atoms with E-state index in [0.717, 1.165) is 49.3 Å². The van der Waals surface area contributed by atoms with Gasteiger partial charge in [-0.05, 0) is 55.9 Å². The molecule has 8 nitrogen and oxygen atoms in total. The molecule has 0 bridgehead atoms. The van der Waals surface area contributed by atoms with Crippen molar-refractivity contribution >= 4 is 30.1 Å². The van der Waals surface area contributed by atoms with Gasteiger partial charge < -0.3 is 14.6 Å². The van der Waals surface area contributed by atoms with E-state index >= 15 is 0 Å². The fourth-order valence-corrected chi connectivity index (χ4v) is 4.52. The van der Waals surface area contributed by atoms with Gasteiger partial charge in [-0.3, -0.25) is 4.90 Å². The van der Waals surface area contributed by atoms with E-state index in [4.69, 9.17) is 4.74 Å². The molecule has 1 amide bonds. The van der Waals surface area contributed by atoms with E-state index < -0.39 is 0 Å². The minimum absolute atomic E-state index is 0. The number of pyridine rings is 2. The van der Waals surface area contributed by atoms with Gasteiger partial charge in [0.05, 0.1) is 24.8 Å². The zero-order valence-corrected chi connectivity index (χ0v) is 18.8. The number of rotatable bonds is 5. The van der Waals surface area contributed by atoms with Crippen molar-refractivity contribution < 1.29 is 9.53 Å². The molecule has 1 spiro atoms. The van der Waals surface area contributed by atoms with Crippen molar-refractivity contribution in [2.45, 2.75) is 31.3 Å². The van der Waals surface area contributed by atoms with Crippen LogP contribution in [0.5, 0.6) is 0 Å². The smallest absolute Gasteiger partial charge is 0.416 e. The van der Waals surface area contributed by atoms with Crippen LogP contribution in [0, 0.1) is 5.92 Å². The molecule has 5 rings (SSSR count). The molecule has 0 unspecified atom stereocenters. The van der Waals surface area contributed by atoms with Gasteiger partial charge in [0.15, 0.2) is 0 Å². The van der Waals surface area contributed by atoms with E-state index in [1.165, 1.54) is 0 Å². The summed E-state index contributed by atoms with van der Waals surface area (Å²) in [6.45, 7) is 1.45. The third-order valence-electron chi connectivity index (χ3n) is 6.36. The molecule has 3 aromatic heterocycles. The molecule has 1 aliphatic heterocycles. The van der Waals surface area contributed by atoms with Gasteiger partial charge in [0.2, 0.25) is 0 Å². The highest BCUT2D eigenvalue weighted by molar-refractivity contribution is 5.89. The summed E-state index contributed by atoms with van der Waals surface area (Å²) in [4.78, 5) is 27.1. The molecule has 1 saturated heterocycles. The van der Waals surface area contributed by atoms with E-state index in [0.29, 0.717) is 18.3 Å². The molecular weight excluding hydrogens is 428 g/mol. The standard InChI is InChI=1S/C23H26N6O2.ClH/c1-28-16-24-14-19(28)18-5-6-20(27-13-18)26-12-17-7-9-23(10-8-17)15-29(22(30)31-23)21-4-2-3-11-25-21;/h2-6,11,13-14,16-17H,7-10,12,15H2,1H3,(H,26,27);1H/t17-,23-;. The molecule has 9 heteroatoms. The highest BCUT2D eigenvalue weighted by atomic mass is 35.5. The Balaban J connectivity index is 0.00000245. The molecule has 4 heterocycles. The van der Waals surface area contributed by atoms with E-state index in [9.17, 15) is 4.79 Å². The number of carbonyl (C=O) groups is 1. The topological polar surface area (TPSA) is 85.2 Å². The van der Waals surface area contributed by atoms with Crippen LogP contribution in [0.15, 0.2) is 55.2 Å². The number of nitrogens with one attached hydrogen (secondary N) is 1. The third-order valence-corrected chi connectivity index (χ3v) is 6.36. The van der Waals surface area contributed by atoms with Crippen LogP contribution in [0.25, 0.3) is 11.3 Å². The van der Waals surface area contributed by atoms with Gasteiger partial charge >= 0.3 is 6.09 Å². The van der Waals surface area contributed by atoms with Gasteiger partial charge in [-0.15, -0.1) is 12.4 Å². The molecule has 168 valence electrons. The second-order valence-corrected chi connectivity index (χ2v) is 8.47. The first-order valence-electron chi connectivity index (χ1n) is 10.7. The van der Waals surface area contributed by atoms with Crippen LogP contribution in [0.3, 0.4) is 0 Å². The number of amides is 1. The van der Waals surface area contributed by atoms with E-state index in [1.807, 2.05) is 48.3 Å². The molecule has 2 fully saturated rings. The lowest BCUT2D eigenvalue weighted by Crippen LogP contribution is -2.39. The van der Waals surface area contributed by atoms with Crippen molar-refractivity contribution in [1.29, 1.82) is 0 Å². The largest absolute Gasteiger partial charge is 0.441 e. The fourth-order valence-electron chi connectivity index (χ4n) is 4.52. The maximum absolute atomic E-state index is 12.4. The van der Waals surface area contributed by atoms with E-state index in [1.54, 1.807) is 17.4 Å². The van der Waals surface area contributed by atoms with Gasteiger partial charge in [-0.1, -0.05) is 6.07 Å². The first kappa shape index (κ1) is 22.1. The van der Waals surface area contributed by atoms with Crippen molar-refractivity contribution in [3.63, 3.8) is 0 Å². The highest BCUT2D eigenvalue weighted by Gasteiger charge is 2.47. The molecule has 3 aromatic rings. The summed E-state index contributed by atoms with van der Waals surface area (Å²) < 4.78 is 7.81. The Kier molecular flexibility index (Phi) is 6.32. The lowest BCUT2D eigenvalue weighted by atomic mass is 9.78. The van der Waals surface area contributed by atoms with Gasteiger partial charge in [-0.2, -0.15) is 0 Å². The number of hydrogen-bond donors (Lipinski definition) is 1. The quantitative estimate of drug-likeness (QED) is 0.618. The van der Waals surface area contributed by atoms with Gasteiger partial charge in [0.25, 0.3) is 0 Å². The molecule has 2 aliphatic rings. The third kappa shape index (κ3) is 4.41. The average molecular weight is 455 g/mol. The van der Waals surface area contributed by atoms with Crippen molar-refractivity contribution in [1.82, 2.24) is 19.5 Å². The van der Waals surface area contributed by atoms with E-state index in [-0.39, 0.29) is 24.1 Å². The first-order chi connectivity index (χ1) is 15.1. The second kappa shape index (κ2) is 9.16. The molecule has 0 aromatic carbocycles. The summed E-state index contributed by atoms with van der Waals surface area (Å²) in [7, 11) is 1.97. The Morgan fingerprint density at radius 3 is 2.66 bits per heavy atom. The zero-order valence-electron chi connectivity index (χ0n) is 18.0. The van der Waals surface area contributed by atoms with Crippen LogP contribution in [-0.2, 0) is 11.8 Å². The predicted molar refractivity (Wildman–Crippen MR) is 125 cm³/mol. The highest BCUT2D eigenvalue weighted by Crippen LogP contribution is 2.40. The Labute approximate surface area is 193 Å². The number of nitrogens with zero attached hydrogens (tertiary/aromatic N) is 5. The van der Waals surface area contributed by atoms with Crippen molar-refractivity contribution in [2.24, 2.45) is 13.0 Å². The summed E-state index contributed by atoms with van der Waals surface area (Å²) in [5.41, 5.74) is 1.71. The predicted octanol–water partition coefficient (Wildman–Crippen LogP) is 4.30. The number of aryl methyl sites for hydroxylation is 1. The minimum Gasteiger partial charge on any atom is -0.441 e. The second-order valence-electron chi connectivity index (χ2n) is 8.47. The maximum atomic E-state index is 12.4. The first-order valence-corrected chi connectivity index (χ1v) is 10.7. The summed E-state index contributed by atoms with van der Waals surface area (Å²) in [6.07, 6.45) is 10.7. The monoisotopic (exact) mass is 454 g/mol. The zero-order chi connectivity index (χ0) is 21.3. The Morgan fingerprint density at radius 1 is 1.16 bits per heavy atom. The number of imidazole rings is 1. The fraction of sp³-hybridized carbons (Fsp3) is 0.391. The molecular formula is C23H27ClN6O2. The van der Waals surface area contributed by atoms with Crippen LogP contribution in [0.1, 0.15) is 25.7 Å². The number of carbonyl (C=O) groups excluding carboxylic acids is 1. The van der Waals surface area contributed by atoms with Gasteiger partial charge in [0.1, 0.15) is 17.2 Å². The van der Waals surface area contributed by atoms with Crippen molar-refractivity contribution in [3.05, 3.63) is 55.2 Å². The molecule has 32 heavy (non-hydrogen) atoms. The number of anilines is 2. The van der Waals surface area contributed by atoms with Crippen LogP contribution in [0.2, 0.25) is 0 Å². The van der Waals surface area contributed by atoms with Crippen molar-refractivity contribution in [2.75, 3.05) is 23.3 Å².